The first-order valence-corrected chi connectivity index (χ1v) is 16.5. The predicted molar refractivity (Wildman–Crippen MR) is 195 cm³/mol. The van der Waals surface area contributed by atoms with Gasteiger partial charge in [0.2, 0.25) is 5.78 Å². The van der Waals surface area contributed by atoms with Crippen molar-refractivity contribution in [1.82, 2.24) is 14.0 Å². The third kappa shape index (κ3) is 2.82. The fourth-order valence-electron chi connectivity index (χ4n) is 9.08. The summed E-state index contributed by atoms with van der Waals surface area (Å²) in [6, 6.07) is 42.4. The predicted octanol–water partition coefficient (Wildman–Crippen LogP) is 7.88. The van der Waals surface area contributed by atoms with Gasteiger partial charge in [0.15, 0.2) is 0 Å². The number of fused-ring (bicyclic) bond motifs is 6. The van der Waals surface area contributed by atoms with Gasteiger partial charge in [-0.15, -0.1) is 0 Å². The van der Waals surface area contributed by atoms with Crippen LogP contribution in [0.3, 0.4) is 0 Å². The number of hydrogen-bond donors (Lipinski definition) is 0. The van der Waals surface area contributed by atoms with E-state index in [1.54, 1.807) is 0 Å². The number of anilines is 5. The van der Waals surface area contributed by atoms with Crippen LogP contribution in [-0.4, -0.2) is 20.7 Å². The van der Waals surface area contributed by atoms with E-state index in [1.807, 2.05) is 0 Å². The number of aromatic nitrogens is 3. The highest BCUT2D eigenvalue weighted by Crippen LogP contribution is 2.47. The molecule has 0 saturated carbocycles. The van der Waals surface area contributed by atoms with Crippen LogP contribution < -0.4 is 26.2 Å². The lowest BCUT2D eigenvalue weighted by atomic mass is 9.32. The van der Waals surface area contributed by atoms with Crippen molar-refractivity contribution in [3.8, 4) is 5.69 Å². The van der Waals surface area contributed by atoms with Crippen molar-refractivity contribution < 1.29 is 0 Å². The van der Waals surface area contributed by atoms with Crippen LogP contribution in [0.1, 0.15) is 12.8 Å². The van der Waals surface area contributed by atoms with Crippen molar-refractivity contribution in [3.63, 3.8) is 0 Å². The number of nitrogens with zero attached hydrogens (tertiary/aromatic N) is 5. The summed E-state index contributed by atoms with van der Waals surface area (Å²) in [5.74, 6) is 0.950. The molecule has 0 radical (unpaired) electrons. The van der Waals surface area contributed by atoms with Gasteiger partial charge in [0.25, 0.3) is 6.71 Å². The minimum atomic E-state index is 0.0893. The lowest BCUT2D eigenvalue weighted by molar-refractivity contribution is 0.996. The molecule has 8 aromatic rings. The molecule has 3 aliphatic heterocycles. The molecule has 0 N–H and O–H groups in total. The van der Waals surface area contributed by atoms with Crippen LogP contribution in [0.4, 0.5) is 28.4 Å². The first-order valence-electron chi connectivity index (χ1n) is 16.5. The molecule has 12 rings (SSSR count). The van der Waals surface area contributed by atoms with Crippen LogP contribution in [-0.2, 0) is 0 Å². The highest BCUT2D eigenvalue weighted by molar-refractivity contribution is 7.02. The number of imidazole rings is 1. The molecule has 0 atom stereocenters. The van der Waals surface area contributed by atoms with Gasteiger partial charge in [-0.1, -0.05) is 66.7 Å². The molecule has 0 bridgehead atoms. The highest BCUT2D eigenvalue weighted by Gasteiger charge is 2.48. The van der Waals surface area contributed by atoms with Crippen molar-refractivity contribution in [1.29, 1.82) is 0 Å². The molecular formula is C41H26BN5. The van der Waals surface area contributed by atoms with Gasteiger partial charge in [-0.3, -0.25) is 8.97 Å². The largest absolute Gasteiger partial charge is 0.312 e. The summed E-state index contributed by atoms with van der Waals surface area (Å²) in [6.07, 6.45) is 9.15. The monoisotopic (exact) mass is 599 g/mol. The summed E-state index contributed by atoms with van der Waals surface area (Å²) in [4.78, 5) is 10.4. The molecule has 218 valence electrons. The Balaban J connectivity index is 1.35. The zero-order valence-corrected chi connectivity index (χ0v) is 25.4. The molecule has 47 heavy (non-hydrogen) atoms. The van der Waals surface area contributed by atoms with Gasteiger partial charge in [-0.2, -0.15) is 0 Å². The van der Waals surface area contributed by atoms with Crippen molar-refractivity contribution in [2.75, 3.05) is 9.80 Å². The van der Waals surface area contributed by atoms with Gasteiger partial charge in [0, 0.05) is 45.2 Å². The van der Waals surface area contributed by atoms with Gasteiger partial charge in [0.1, 0.15) is 0 Å². The summed E-state index contributed by atoms with van der Waals surface area (Å²) >= 11 is 0. The normalized spacial score (nSPS) is 15.4. The Morgan fingerprint density at radius 2 is 1.32 bits per heavy atom. The summed E-state index contributed by atoms with van der Waals surface area (Å²) in [5.41, 5.74) is 17.3. The summed E-state index contributed by atoms with van der Waals surface area (Å²) in [6.45, 7) is 0.0893. The molecule has 5 heterocycles. The Hall–Kier alpha value is -6.01. The fourth-order valence-corrected chi connectivity index (χ4v) is 9.08. The number of benzene rings is 6. The van der Waals surface area contributed by atoms with E-state index in [0.717, 1.165) is 29.7 Å². The third-order valence-corrected chi connectivity index (χ3v) is 10.8. The van der Waals surface area contributed by atoms with E-state index >= 15 is 0 Å². The van der Waals surface area contributed by atoms with Crippen molar-refractivity contribution in [2.45, 2.75) is 12.8 Å². The molecule has 4 aliphatic rings. The Morgan fingerprint density at radius 1 is 0.596 bits per heavy atom. The SMILES string of the molecule is C1=CC(N2c3cccc4c3B3c5c2cccc5-n2c5c3c(cc3cccc(c35)n3c5ccccc5nc23)N4c2ccccc2)=CCC1. The topological polar surface area (TPSA) is 28.7 Å². The van der Waals surface area contributed by atoms with Gasteiger partial charge < -0.3 is 9.80 Å². The summed E-state index contributed by atoms with van der Waals surface area (Å²) < 4.78 is 4.86. The van der Waals surface area contributed by atoms with Crippen molar-refractivity contribution in [2.24, 2.45) is 0 Å². The maximum atomic E-state index is 5.38. The average molecular weight is 600 g/mol. The second-order valence-corrected chi connectivity index (χ2v) is 13.1. The standard InChI is InChI=1S/C41H26BN5/c1-3-13-26(14-4-1)44-31-20-10-22-33-37(31)42-38-32(44)21-11-23-34(38)47-40-36-25(24-35(39(40)42)45(33)27-15-5-2-6-16-27)12-9-19-30(36)46-29-18-8-7-17-28(29)43-41(46)47/h2-3,5-24H,1,4H2. The lowest BCUT2D eigenvalue weighted by Crippen LogP contribution is -2.64. The Labute approximate surface area is 271 Å². The Morgan fingerprint density at radius 3 is 2.15 bits per heavy atom. The quantitative estimate of drug-likeness (QED) is 0.189. The van der Waals surface area contributed by atoms with Crippen LogP contribution in [0, 0.1) is 0 Å². The zero-order valence-electron chi connectivity index (χ0n) is 25.4. The molecular weight excluding hydrogens is 573 g/mol. The molecule has 6 aromatic carbocycles. The fraction of sp³-hybridized carbons (Fsp3) is 0.0488. The molecule has 0 fully saturated rings. The van der Waals surface area contributed by atoms with Crippen molar-refractivity contribution >= 4 is 90.2 Å². The van der Waals surface area contributed by atoms with E-state index in [2.05, 4.69) is 152 Å². The molecule has 0 unspecified atom stereocenters. The number of rotatable bonds is 2. The smallest absolute Gasteiger partial charge is 0.257 e. The van der Waals surface area contributed by atoms with E-state index in [-0.39, 0.29) is 6.71 Å². The average Bonchev–Trinajstić information content (AvgIpc) is 3.52. The third-order valence-electron chi connectivity index (χ3n) is 10.8. The first-order chi connectivity index (χ1) is 23.4. The second kappa shape index (κ2) is 8.42. The molecule has 1 aliphatic carbocycles. The minimum absolute atomic E-state index is 0.0893. The number of allylic oxidation sites excluding steroid dienone is 3. The van der Waals surface area contributed by atoms with E-state index < -0.39 is 0 Å². The number of hydrogen-bond acceptors (Lipinski definition) is 3. The Kier molecular flexibility index (Phi) is 4.34. The maximum absolute atomic E-state index is 5.38. The lowest BCUT2D eigenvalue weighted by Gasteiger charge is -2.47. The molecule has 6 heteroatoms. The molecule has 2 aromatic heterocycles. The van der Waals surface area contributed by atoms with Crippen LogP contribution in [0.15, 0.2) is 139 Å². The van der Waals surface area contributed by atoms with Crippen LogP contribution >= 0.6 is 0 Å². The maximum Gasteiger partial charge on any atom is 0.257 e. The van der Waals surface area contributed by atoms with E-state index in [4.69, 9.17) is 4.98 Å². The van der Waals surface area contributed by atoms with E-state index in [9.17, 15) is 0 Å². The second-order valence-electron chi connectivity index (χ2n) is 13.1. The summed E-state index contributed by atoms with van der Waals surface area (Å²) in [7, 11) is 0. The van der Waals surface area contributed by atoms with E-state index in [1.165, 1.54) is 78.0 Å². The van der Waals surface area contributed by atoms with E-state index in [0.29, 0.717) is 0 Å². The zero-order chi connectivity index (χ0) is 30.4. The molecule has 0 amide bonds. The molecule has 0 saturated heterocycles. The first kappa shape index (κ1) is 24.3. The van der Waals surface area contributed by atoms with Gasteiger partial charge >= 0.3 is 0 Å². The number of para-hydroxylation sites is 3. The van der Waals surface area contributed by atoms with Crippen LogP contribution in [0.25, 0.3) is 44.3 Å². The molecule has 0 spiro atoms. The van der Waals surface area contributed by atoms with Crippen LogP contribution in [0.2, 0.25) is 0 Å². The van der Waals surface area contributed by atoms with Gasteiger partial charge in [-0.05, 0) is 101 Å². The van der Waals surface area contributed by atoms with Crippen LogP contribution in [0.5, 0.6) is 0 Å². The minimum Gasteiger partial charge on any atom is -0.312 e. The van der Waals surface area contributed by atoms with Gasteiger partial charge in [0.05, 0.1) is 22.1 Å². The van der Waals surface area contributed by atoms with Crippen molar-refractivity contribution in [3.05, 3.63) is 139 Å². The molecule has 5 nitrogen and oxygen atoms in total. The Bertz CT molecular complexity index is 2770. The summed E-state index contributed by atoms with van der Waals surface area (Å²) in [5, 5.41) is 2.52. The van der Waals surface area contributed by atoms with Gasteiger partial charge in [-0.25, -0.2) is 4.98 Å². The highest BCUT2D eigenvalue weighted by atomic mass is 15.2.